The standard InChI is InChI=1S/C28H25F3N6O/c1-2-5-19-14-21-16-34-27(35-22-10-8-18(9-11-22)20-6-3-12-32-15-20)36-25(21)37(26(19)38)17-24-23(28(29,30)31)7-4-13-33-24/h4,7-11,13-14,16,20,32H,3,6,12,15,17H2,1H3,(H,34,35,36). The lowest BCUT2D eigenvalue weighted by Crippen LogP contribution is -2.28. The van der Waals surface area contributed by atoms with Gasteiger partial charge in [-0.15, -0.1) is 5.92 Å². The van der Waals surface area contributed by atoms with E-state index in [-0.39, 0.29) is 22.9 Å². The molecule has 0 bridgehead atoms. The highest BCUT2D eigenvalue weighted by atomic mass is 19.4. The number of fused-ring (bicyclic) bond motifs is 1. The number of benzene rings is 1. The second-order valence-corrected chi connectivity index (χ2v) is 9.08. The third-order valence-electron chi connectivity index (χ3n) is 6.53. The van der Waals surface area contributed by atoms with Gasteiger partial charge in [-0.3, -0.25) is 14.3 Å². The third kappa shape index (κ3) is 5.38. The molecule has 1 aliphatic rings. The van der Waals surface area contributed by atoms with Crippen LogP contribution in [0.5, 0.6) is 0 Å². The van der Waals surface area contributed by atoms with Crippen molar-refractivity contribution >= 4 is 22.7 Å². The Labute approximate surface area is 217 Å². The number of aromatic nitrogens is 4. The molecule has 2 N–H and O–H groups in total. The van der Waals surface area contributed by atoms with Gasteiger partial charge in [-0.05, 0) is 68.1 Å². The van der Waals surface area contributed by atoms with Gasteiger partial charge in [-0.25, -0.2) is 4.98 Å². The molecule has 1 unspecified atom stereocenters. The SMILES string of the molecule is CC#Cc1cc2cnc(Nc3ccc(C4CCCNC4)cc3)nc2n(Cc2ncccc2C(F)(F)F)c1=O. The van der Waals surface area contributed by atoms with Crippen molar-refractivity contribution in [3.05, 3.63) is 87.6 Å². The van der Waals surface area contributed by atoms with Gasteiger partial charge in [0.2, 0.25) is 5.95 Å². The molecule has 0 saturated carbocycles. The van der Waals surface area contributed by atoms with Crippen LogP contribution >= 0.6 is 0 Å². The molecular weight excluding hydrogens is 493 g/mol. The Hall–Kier alpha value is -4.23. The lowest BCUT2D eigenvalue weighted by atomic mass is 9.92. The van der Waals surface area contributed by atoms with Crippen molar-refractivity contribution < 1.29 is 13.2 Å². The maximum atomic E-state index is 13.6. The molecule has 4 aromatic rings. The molecule has 38 heavy (non-hydrogen) atoms. The summed E-state index contributed by atoms with van der Waals surface area (Å²) < 4.78 is 42.1. The summed E-state index contributed by atoms with van der Waals surface area (Å²) in [6.45, 7) is 3.15. The zero-order valence-electron chi connectivity index (χ0n) is 20.6. The van der Waals surface area contributed by atoms with E-state index in [1.807, 2.05) is 12.1 Å². The zero-order chi connectivity index (χ0) is 26.7. The molecule has 0 aliphatic carbocycles. The molecule has 4 heterocycles. The molecule has 194 valence electrons. The Morgan fingerprint density at radius 2 is 2.00 bits per heavy atom. The fourth-order valence-electron chi connectivity index (χ4n) is 4.67. The molecule has 10 heteroatoms. The first-order valence-electron chi connectivity index (χ1n) is 12.3. The summed E-state index contributed by atoms with van der Waals surface area (Å²) in [6.07, 6.45) is 0.453. The highest BCUT2D eigenvalue weighted by Crippen LogP contribution is 2.31. The summed E-state index contributed by atoms with van der Waals surface area (Å²) in [5.74, 6) is 6.08. The van der Waals surface area contributed by atoms with Gasteiger partial charge in [0.15, 0.2) is 0 Å². The normalized spacial score (nSPS) is 15.6. The molecule has 1 aromatic carbocycles. The lowest BCUT2D eigenvalue weighted by molar-refractivity contribution is -0.138. The van der Waals surface area contributed by atoms with Crippen LogP contribution in [0.3, 0.4) is 0 Å². The average Bonchev–Trinajstić information content (AvgIpc) is 2.92. The largest absolute Gasteiger partial charge is 0.418 e. The lowest BCUT2D eigenvalue weighted by Gasteiger charge is -2.23. The van der Waals surface area contributed by atoms with Crippen molar-refractivity contribution in [2.45, 2.75) is 38.4 Å². The number of hydrogen-bond acceptors (Lipinski definition) is 6. The summed E-state index contributed by atoms with van der Waals surface area (Å²) in [5, 5.41) is 7.02. The van der Waals surface area contributed by atoms with Crippen LogP contribution in [-0.2, 0) is 12.7 Å². The van der Waals surface area contributed by atoms with E-state index in [2.05, 4.69) is 49.6 Å². The topological polar surface area (TPSA) is 84.7 Å². The maximum Gasteiger partial charge on any atom is 0.418 e. The first-order chi connectivity index (χ1) is 18.3. The van der Waals surface area contributed by atoms with Crippen LogP contribution in [0, 0.1) is 11.8 Å². The molecule has 1 aliphatic heterocycles. The van der Waals surface area contributed by atoms with E-state index < -0.39 is 23.8 Å². The second-order valence-electron chi connectivity index (χ2n) is 9.08. The fraction of sp³-hybridized carbons (Fsp3) is 0.286. The zero-order valence-corrected chi connectivity index (χ0v) is 20.6. The van der Waals surface area contributed by atoms with Crippen LogP contribution in [-0.4, -0.2) is 32.6 Å². The Morgan fingerprint density at radius 1 is 1.18 bits per heavy atom. The van der Waals surface area contributed by atoms with E-state index >= 15 is 0 Å². The van der Waals surface area contributed by atoms with Crippen molar-refractivity contribution in [2.24, 2.45) is 0 Å². The van der Waals surface area contributed by atoms with Crippen molar-refractivity contribution in [1.82, 2.24) is 24.8 Å². The summed E-state index contributed by atoms with van der Waals surface area (Å²) in [5.41, 5.74) is 0.568. The minimum atomic E-state index is -4.62. The molecule has 1 saturated heterocycles. The van der Waals surface area contributed by atoms with Gasteiger partial charge in [-0.1, -0.05) is 18.1 Å². The molecular formula is C28H25F3N6O. The minimum Gasteiger partial charge on any atom is -0.324 e. The predicted octanol–water partition coefficient (Wildman–Crippen LogP) is 4.84. The molecule has 0 amide bonds. The van der Waals surface area contributed by atoms with Gasteiger partial charge in [0.05, 0.1) is 23.4 Å². The van der Waals surface area contributed by atoms with Gasteiger partial charge in [0.1, 0.15) is 5.65 Å². The van der Waals surface area contributed by atoms with Gasteiger partial charge in [0, 0.05) is 30.0 Å². The van der Waals surface area contributed by atoms with Crippen molar-refractivity contribution in [3.63, 3.8) is 0 Å². The Bertz CT molecular complexity index is 1580. The van der Waals surface area contributed by atoms with E-state index in [4.69, 9.17) is 0 Å². The van der Waals surface area contributed by atoms with Gasteiger partial charge in [0.25, 0.3) is 5.56 Å². The van der Waals surface area contributed by atoms with Crippen molar-refractivity contribution in [1.29, 1.82) is 0 Å². The second kappa shape index (κ2) is 10.6. The summed E-state index contributed by atoms with van der Waals surface area (Å²) >= 11 is 0. The smallest absolute Gasteiger partial charge is 0.324 e. The first kappa shape index (κ1) is 25.4. The summed E-state index contributed by atoms with van der Waals surface area (Å²) in [4.78, 5) is 26.0. The monoisotopic (exact) mass is 518 g/mol. The quantitative estimate of drug-likeness (QED) is 0.368. The summed E-state index contributed by atoms with van der Waals surface area (Å²) in [7, 11) is 0. The molecule has 7 nitrogen and oxygen atoms in total. The number of alkyl halides is 3. The number of anilines is 2. The molecule has 0 radical (unpaired) electrons. The van der Waals surface area contributed by atoms with E-state index in [1.165, 1.54) is 28.6 Å². The number of rotatable bonds is 5. The number of nitrogens with one attached hydrogen (secondary N) is 2. The average molecular weight is 519 g/mol. The molecule has 0 spiro atoms. The van der Waals surface area contributed by atoms with E-state index in [0.717, 1.165) is 37.7 Å². The summed E-state index contributed by atoms with van der Waals surface area (Å²) in [6, 6.07) is 11.7. The van der Waals surface area contributed by atoms with Gasteiger partial charge in [-0.2, -0.15) is 18.2 Å². The maximum absolute atomic E-state index is 13.6. The number of piperidine rings is 1. The number of hydrogen-bond donors (Lipinski definition) is 2. The highest BCUT2D eigenvalue weighted by molar-refractivity contribution is 5.77. The molecule has 1 fully saturated rings. The van der Waals surface area contributed by atoms with Crippen LogP contribution < -0.4 is 16.2 Å². The molecule has 1 atom stereocenters. The number of halogens is 3. The Morgan fingerprint density at radius 3 is 2.71 bits per heavy atom. The Balaban J connectivity index is 1.52. The Kier molecular flexibility index (Phi) is 7.11. The van der Waals surface area contributed by atoms with Crippen molar-refractivity contribution in [2.75, 3.05) is 18.4 Å². The minimum absolute atomic E-state index is 0.140. The molecule has 5 rings (SSSR count). The molecule has 3 aromatic heterocycles. The predicted molar refractivity (Wildman–Crippen MR) is 139 cm³/mol. The van der Waals surface area contributed by atoms with E-state index in [1.54, 1.807) is 13.0 Å². The van der Waals surface area contributed by atoms with Crippen LogP contribution in [0.2, 0.25) is 0 Å². The van der Waals surface area contributed by atoms with E-state index in [0.29, 0.717) is 11.3 Å². The number of pyridine rings is 2. The van der Waals surface area contributed by atoms with Crippen LogP contribution in [0.25, 0.3) is 11.0 Å². The fourth-order valence-corrected chi connectivity index (χ4v) is 4.67. The van der Waals surface area contributed by atoms with Crippen LogP contribution in [0.15, 0.2) is 59.7 Å². The van der Waals surface area contributed by atoms with Gasteiger partial charge < -0.3 is 10.6 Å². The van der Waals surface area contributed by atoms with Crippen LogP contribution in [0.4, 0.5) is 24.8 Å². The first-order valence-corrected chi connectivity index (χ1v) is 12.3. The van der Waals surface area contributed by atoms with Crippen molar-refractivity contribution in [3.8, 4) is 11.8 Å². The third-order valence-corrected chi connectivity index (χ3v) is 6.53. The van der Waals surface area contributed by atoms with Crippen LogP contribution in [0.1, 0.15) is 48.1 Å². The van der Waals surface area contributed by atoms with Gasteiger partial charge >= 0.3 is 6.18 Å². The van der Waals surface area contributed by atoms with E-state index in [9.17, 15) is 18.0 Å². The number of nitrogens with zero attached hydrogens (tertiary/aromatic N) is 4. The highest BCUT2D eigenvalue weighted by Gasteiger charge is 2.34.